The first-order chi connectivity index (χ1) is 12.7. The second kappa shape index (κ2) is 12.0. The van der Waals surface area contributed by atoms with Crippen LogP contribution >= 0.6 is 12.2 Å². The van der Waals surface area contributed by atoms with Crippen LogP contribution in [0.1, 0.15) is 70.6 Å². The normalized spacial score (nSPS) is 17.5. The van der Waals surface area contributed by atoms with Crippen molar-refractivity contribution in [3.8, 4) is 11.5 Å². The van der Waals surface area contributed by atoms with Crippen LogP contribution < -0.4 is 20.1 Å². The van der Waals surface area contributed by atoms with Gasteiger partial charge in [-0.05, 0) is 37.2 Å². The summed E-state index contributed by atoms with van der Waals surface area (Å²) < 4.78 is 10.7. The first-order valence-electron chi connectivity index (χ1n) is 10.0. The fraction of sp³-hybridized carbons (Fsp3) is 0.667. The predicted octanol–water partition coefficient (Wildman–Crippen LogP) is 5.66. The van der Waals surface area contributed by atoms with Crippen LogP contribution in [0.5, 0.6) is 11.5 Å². The van der Waals surface area contributed by atoms with E-state index in [4.69, 9.17) is 21.7 Å². The number of thiocarbonyl (C=S) groups is 1. The zero-order valence-corrected chi connectivity index (χ0v) is 17.1. The lowest BCUT2D eigenvalue weighted by Gasteiger charge is -2.22. The highest BCUT2D eigenvalue weighted by molar-refractivity contribution is 7.80. The maximum Gasteiger partial charge on any atom is 0.171 e. The lowest BCUT2D eigenvalue weighted by atomic mass is 9.98. The van der Waals surface area contributed by atoms with Gasteiger partial charge in [0.2, 0.25) is 0 Å². The van der Waals surface area contributed by atoms with E-state index in [0.717, 1.165) is 17.2 Å². The van der Waals surface area contributed by atoms with E-state index in [1.807, 2.05) is 18.2 Å². The summed E-state index contributed by atoms with van der Waals surface area (Å²) in [4.78, 5) is 0. The summed E-state index contributed by atoms with van der Waals surface area (Å²) in [6, 6.07) is 6.13. The van der Waals surface area contributed by atoms with E-state index in [9.17, 15) is 0 Å². The number of hydrogen-bond acceptors (Lipinski definition) is 3. The molecule has 4 nitrogen and oxygen atoms in total. The standard InChI is InChI=1S/C21H34N2O2S/c1-24-18-14-15-20(25-2)19(16-18)23-21(26)22-17-12-10-8-6-4-3-5-7-9-11-13-17/h14-17H,3-13H2,1-2H3,(H2,22,23,26). The summed E-state index contributed by atoms with van der Waals surface area (Å²) in [6.45, 7) is 0. The summed E-state index contributed by atoms with van der Waals surface area (Å²) in [6.07, 6.45) is 14.6. The number of benzene rings is 1. The Morgan fingerprint density at radius 2 is 1.46 bits per heavy atom. The molecule has 1 aliphatic carbocycles. The highest BCUT2D eigenvalue weighted by Crippen LogP contribution is 2.29. The highest BCUT2D eigenvalue weighted by Gasteiger charge is 2.13. The average Bonchev–Trinajstić information content (AvgIpc) is 2.63. The van der Waals surface area contributed by atoms with Crippen LogP contribution in [0.4, 0.5) is 5.69 Å². The minimum absolute atomic E-state index is 0.450. The highest BCUT2D eigenvalue weighted by atomic mass is 32.1. The molecule has 0 amide bonds. The average molecular weight is 379 g/mol. The molecule has 5 heteroatoms. The quantitative estimate of drug-likeness (QED) is 0.661. The van der Waals surface area contributed by atoms with Gasteiger partial charge in [0.05, 0.1) is 19.9 Å². The van der Waals surface area contributed by atoms with E-state index < -0.39 is 0 Å². The molecule has 0 atom stereocenters. The lowest BCUT2D eigenvalue weighted by molar-refractivity contribution is 0.405. The molecule has 1 aromatic rings. The first kappa shape index (κ1) is 20.8. The molecule has 1 saturated carbocycles. The Labute approximate surface area is 164 Å². The van der Waals surface area contributed by atoms with Gasteiger partial charge in [0, 0.05) is 12.1 Å². The number of rotatable bonds is 4. The van der Waals surface area contributed by atoms with Crippen LogP contribution in [-0.4, -0.2) is 25.4 Å². The molecule has 0 radical (unpaired) electrons. The maximum absolute atomic E-state index is 5.57. The number of nitrogens with one attached hydrogen (secondary N) is 2. The van der Waals surface area contributed by atoms with Crippen molar-refractivity contribution >= 4 is 23.0 Å². The van der Waals surface area contributed by atoms with E-state index in [-0.39, 0.29) is 0 Å². The second-order valence-corrected chi connectivity index (χ2v) is 7.53. The molecule has 0 heterocycles. The monoisotopic (exact) mass is 378 g/mol. The molecule has 0 unspecified atom stereocenters. The maximum atomic E-state index is 5.57. The Bertz CT molecular complexity index is 539. The van der Waals surface area contributed by atoms with Gasteiger partial charge in [0.15, 0.2) is 5.11 Å². The van der Waals surface area contributed by atoms with E-state index in [1.54, 1.807) is 14.2 Å². The third-order valence-electron chi connectivity index (χ3n) is 5.10. The summed E-state index contributed by atoms with van der Waals surface area (Å²) in [7, 11) is 3.32. The van der Waals surface area contributed by atoms with Gasteiger partial charge in [-0.1, -0.05) is 57.8 Å². The molecule has 0 saturated heterocycles. The largest absolute Gasteiger partial charge is 0.497 e. The van der Waals surface area contributed by atoms with Crippen molar-refractivity contribution in [3.05, 3.63) is 18.2 Å². The molecule has 2 N–H and O–H groups in total. The van der Waals surface area contributed by atoms with Gasteiger partial charge in [0.1, 0.15) is 11.5 Å². The number of methoxy groups -OCH3 is 2. The third-order valence-corrected chi connectivity index (χ3v) is 5.32. The Morgan fingerprint density at radius 1 is 0.885 bits per heavy atom. The zero-order valence-electron chi connectivity index (χ0n) is 16.3. The number of anilines is 1. The smallest absolute Gasteiger partial charge is 0.171 e. The molecule has 1 aliphatic rings. The van der Waals surface area contributed by atoms with Crippen molar-refractivity contribution in [2.45, 2.75) is 76.7 Å². The topological polar surface area (TPSA) is 42.5 Å². The van der Waals surface area contributed by atoms with E-state index in [2.05, 4.69) is 10.6 Å². The molecule has 1 aromatic carbocycles. The van der Waals surface area contributed by atoms with Crippen LogP contribution in [0.25, 0.3) is 0 Å². The van der Waals surface area contributed by atoms with Gasteiger partial charge in [-0.25, -0.2) is 0 Å². The van der Waals surface area contributed by atoms with Crippen molar-refractivity contribution in [1.82, 2.24) is 5.32 Å². The second-order valence-electron chi connectivity index (χ2n) is 7.12. The fourth-order valence-corrected chi connectivity index (χ4v) is 3.84. The zero-order chi connectivity index (χ0) is 18.6. The molecule has 146 valence electrons. The predicted molar refractivity (Wildman–Crippen MR) is 113 cm³/mol. The van der Waals surface area contributed by atoms with Gasteiger partial charge >= 0.3 is 0 Å². The Kier molecular flexibility index (Phi) is 9.61. The lowest BCUT2D eigenvalue weighted by Crippen LogP contribution is -2.37. The molecular weight excluding hydrogens is 344 g/mol. The number of hydrogen-bond donors (Lipinski definition) is 2. The molecule has 0 spiro atoms. The van der Waals surface area contributed by atoms with Crippen LogP contribution in [0.3, 0.4) is 0 Å². The fourth-order valence-electron chi connectivity index (χ4n) is 3.56. The summed E-state index contributed by atoms with van der Waals surface area (Å²) in [5.74, 6) is 1.54. The molecule has 0 aromatic heterocycles. The van der Waals surface area contributed by atoms with Crippen molar-refractivity contribution in [1.29, 1.82) is 0 Å². The van der Waals surface area contributed by atoms with E-state index in [1.165, 1.54) is 70.6 Å². The van der Waals surface area contributed by atoms with Gasteiger partial charge in [-0.3, -0.25) is 0 Å². The summed E-state index contributed by atoms with van der Waals surface area (Å²) >= 11 is 5.57. The molecule has 1 fully saturated rings. The van der Waals surface area contributed by atoms with Crippen molar-refractivity contribution in [2.24, 2.45) is 0 Å². The van der Waals surface area contributed by atoms with Crippen LogP contribution in [0, 0.1) is 0 Å². The molecule has 0 aliphatic heterocycles. The van der Waals surface area contributed by atoms with Crippen LogP contribution in [0.15, 0.2) is 18.2 Å². The molecular formula is C21H34N2O2S. The summed E-state index contributed by atoms with van der Waals surface area (Å²) in [5.41, 5.74) is 0.831. The molecule has 2 rings (SSSR count). The first-order valence-corrected chi connectivity index (χ1v) is 10.4. The van der Waals surface area contributed by atoms with Crippen molar-refractivity contribution in [3.63, 3.8) is 0 Å². The number of ether oxygens (including phenoxy) is 2. The molecule has 26 heavy (non-hydrogen) atoms. The van der Waals surface area contributed by atoms with Gasteiger partial charge in [-0.2, -0.15) is 0 Å². The van der Waals surface area contributed by atoms with Crippen LogP contribution in [-0.2, 0) is 0 Å². The van der Waals surface area contributed by atoms with Gasteiger partial charge in [-0.15, -0.1) is 0 Å². The minimum atomic E-state index is 0.450. The summed E-state index contributed by atoms with van der Waals surface area (Å²) in [5, 5.41) is 7.48. The van der Waals surface area contributed by atoms with Crippen LogP contribution in [0.2, 0.25) is 0 Å². The van der Waals surface area contributed by atoms with Gasteiger partial charge < -0.3 is 20.1 Å². The minimum Gasteiger partial charge on any atom is -0.497 e. The SMILES string of the molecule is COc1ccc(OC)c(NC(=S)NC2CCCCCCCCCCC2)c1. The van der Waals surface area contributed by atoms with E-state index in [0.29, 0.717) is 11.2 Å². The van der Waals surface area contributed by atoms with E-state index >= 15 is 0 Å². The Hall–Kier alpha value is -1.49. The third kappa shape index (κ3) is 7.40. The van der Waals surface area contributed by atoms with Gasteiger partial charge in [0.25, 0.3) is 0 Å². The van der Waals surface area contributed by atoms with Crippen molar-refractivity contribution < 1.29 is 9.47 Å². The Morgan fingerprint density at radius 3 is 2.00 bits per heavy atom. The van der Waals surface area contributed by atoms with Crippen molar-refractivity contribution in [2.75, 3.05) is 19.5 Å². The Balaban J connectivity index is 1.91. The molecule has 0 bridgehead atoms.